The number of urea groups is 1. The number of rotatable bonds is 6. The van der Waals surface area contributed by atoms with E-state index in [0.29, 0.717) is 13.1 Å². The smallest absolute Gasteiger partial charge is 0.317 e. The molecule has 0 radical (unpaired) electrons. The summed E-state index contributed by atoms with van der Waals surface area (Å²) in [6, 6.07) is 8.00. The van der Waals surface area contributed by atoms with Crippen LogP contribution in [0.2, 0.25) is 0 Å². The van der Waals surface area contributed by atoms with E-state index >= 15 is 0 Å². The zero-order valence-electron chi connectivity index (χ0n) is 16.3. The van der Waals surface area contributed by atoms with Gasteiger partial charge in [-0.2, -0.15) is 0 Å². The third kappa shape index (κ3) is 4.67. The molecule has 1 aliphatic rings. The number of morpholine rings is 1. The van der Waals surface area contributed by atoms with Crippen molar-refractivity contribution in [2.75, 3.05) is 47.0 Å². The molecule has 0 unspecified atom stereocenters. The lowest BCUT2D eigenvalue weighted by Gasteiger charge is -2.32. The monoisotopic (exact) mass is 372 g/mol. The molecule has 0 spiro atoms. The van der Waals surface area contributed by atoms with Crippen LogP contribution in [0.3, 0.4) is 0 Å². The van der Waals surface area contributed by atoms with Gasteiger partial charge >= 0.3 is 6.03 Å². The van der Waals surface area contributed by atoms with E-state index in [1.807, 2.05) is 24.3 Å². The van der Waals surface area contributed by atoms with E-state index in [-0.39, 0.29) is 12.1 Å². The number of amides is 2. The van der Waals surface area contributed by atoms with Gasteiger partial charge in [-0.1, -0.05) is 12.1 Å². The second kappa shape index (κ2) is 9.01. The van der Waals surface area contributed by atoms with Gasteiger partial charge < -0.3 is 19.7 Å². The molecule has 1 aliphatic heterocycles. The van der Waals surface area contributed by atoms with E-state index in [4.69, 9.17) is 9.47 Å². The molecule has 146 valence electrons. The van der Waals surface area contributed by atoms with Gasteiger partial charge in [0.1, 0.15) is 11.3 Å². The van der Waals surface area contributed by atoms with Crippen LogP contribution in [-0.2, 0) is 11.3 Å². The number of aromatic nitrogens is 1. The summed E-state index contributed by atoms with van der Waals surface area (Å²) in [4.78, 5) is 21.0. The first-order valence-corrected chi connectivity index (χ1v) is 9.31. The Morgan fingerprint density at radius 1 is 1.37 bits per heavy atom. The van der Waals surface area contributed by atoms with Gasteiger partial charge in [-0.15, -0.1) is 0 Å². The molecule has 2 heterocycles. The quantitative estimate of drug-likeness (QED) is 0.841. The lowest BCUT2D eigenvalue weighted by molar-refractivity contribution is 0.0207. The van der Waals surface area contributed by atoms with Crippen molar-refractivity contribution in [1.82, 2.24) is 20.1 Å². The van der Waals surface area contributed by atoms with Gasteiger partial charge in [0.15, 0.2) is 0 Å². The van der Waals surface area contributed by atoms with Crippen LogP contribution in [0.25, 0.3) is 10.9 Å². The van der Waals surface area contributed by atoms with Crippen LogP contribution in [0.1, 0.15) is 12.5 Å². The van der Waals surface area contributed by atoms with Crippen molar-refractivity contribution in [2.24, 2.45) is 0 Å². The Kier molecular flexibility index (Phi) is 6.47. The highest BCUT2D eigenvalue weighted by Gasteiger charge is 2.19. The average Bonchev–Trinajstić information content (AvgIpc) is 2.72. The number of nitrogens with zero attached hydrogens (tertiary/aromatic N) is 3. The van der Waals surface area contributed by atoms with E-state index in [9.17, 15) is 4.79 Å². The molecule has 3 rings (SSSR count). The maximum Gasteiger partial charge on any atom is 0.317 e. The Morgan fingerprint density at radius 2 is 2.15 bits per heavy atom. The Balaban J connectivity index is 1.60. The molecule has 27 heavy (non-hydrogen) atoms. The Bertz CT molecular complexity index is 777. The zero-order valence-corrected chi connectivity index (χ0v) is 16.3. The predicted molar refractivity (Wildman–Crippen MR) is 105 cm³/mol. The number of hydrogen-bond acceptors (Lipinski definition) is 5. The minimum Gasteiger partial charge on any atom is -0.494 e. The highest BCUT2D eigenvalue weighted by Crippen LogP contribution is 2.27. The molecule has 1 N–H and O–H groups in total. The number of pyridine rings is 1. The zero-order chi connectivity index (χ0) is 19.2. The minimum atomic E-state index is -0.0806. The van der Waals surface area contributed by atoms with Gasteiger partial charge in [0.05, 0.1) is 20.3 Å². The Hall–Kier alpha value is -2.38. The van der Waals surface area contributed by atoms with E-state index in [0.717, 1.165) is 48.5 Å². The fourth-order valence-electron chi connectivity index (χ4n) is 3.35. The molecular weight excluding hydrogens is 344 g/mol. The summed E-state index contributed by atoms with van der Waals surface area (Å²) in [5, 5.41) is 4.03. The van der Waals surface area contributed by atoms with Crippen molar-refractivity contribution in [3.63, 3.8) is 0 Å². The molecule has 0 aliphatic carbocycles. The molecule has 0 saturated carbocycles. The second-order valence-corrected chi connectivity index (χ2v) is 6.87. The fraction of sp³-hybridized carbons (Fsp3) is 0.500. The molecule has 1 saturated heterocycles. The second-order valence-electron chi connectivity index (χ2n) is 6.87. The van der Waals surface area contributed by atoms with E-state index in [2.05, 4.69) is 22.1 Å². The third-order valence-electron chi connectivity index (χ3n) is 5.01. The van der Waals surface area contributed by atoms with Gasteiger partial charge in [-0.25, -0.2) is 4.79 Å². The van der Waals surface area contributed by atoms with Crippen LogP contribution in [-0.4, -0.2) is 73.9 Å². The van der Waals surface area contributed by atoms with Crippen LogP contribution in [0.4, 0.5) is 4.79 Å². The normalized spacial score (nSPS) is 16.1. The number of carbonyl (C=O) groups is 1. The summed E-state index contributed by atoms with van der Waals surface area (Å²) >= 11 is 0. The largest absolute Gasteiger partial charge is 0.494 e. The van der Waals surface area contributed by atoms with Gasteiger partial charge in [-0.3, -0.25) is 9.88 Å². The van der Waals surface area contributed by atoms with E-state index < -0.39 is 0 Å². The third-order valence-corrected chi connectivity index (χ3v) is 5.01. The van der Waals surface area contributed by atoms with Crippen LogP contribution in [0.5, 0.6) is 5.75 Å². The van der Waals surface area contributed by atoms with E-state index in [1.165, 1.54) is 0 Å². The minimum absolute atomic E-state index is 0.0806. The first-order valence-electron chi connectivity index (χ1n) is 9.31. The molecule has 7 heteroatoms. The molecule has 2 aromatic rings. The summed E-state index contributed by atoms with van der Waals surface area (Å²) in [6.07, 6.45) is 1.75. The van der Waals surface area contributed by atoms with Gasteiger partial charge in [-0.05, 0) is 24.6 Å². The van der Waals surface area contributed by atoms with Gasteiger partial charge in [0.2, 0.25) is 0 Å². The van der Waals surface area contributed by atoms with Crippen molar-refractivity contribution >= 4 is 16.9 Å². The highest BCUT2D eigenvalue weighted by atomic mass is 16.5. The molecule has 1 fully saturated rings. The van der Waals surface area contributed by atoms with Crippen LogP contribution in [0, 0.1) is 0 Å². The van der Waals surface area contributed by atoms with Gasteiger partial charge in [0.25, 0.3) is 0 Å². The lowest BCUT2D eigenvalue weighted by Crippen LogP contribution is -2.49. The van der Waals surface area contributed by atoms with Crippen molar-refractivity contribution in [2.45, 2.75) is 19.5 Å². The predicted octanol–water partition coefficient (Wildman–Crippen LogP) is 2.11. The number of nitrogens with one attached hydrogen (secondary N) is 1. The summed E-state index contributed by atoms with van der Waals surface area (Å²) in [5.41, 5.74) is 1.85. The number of hydrogen-bond donors (Lipinski definition) is 1. The first-order chi connectivity index (χ1) is 13.1. The number of fused-ring (bicyclic) bond motifs is 1. The van der Waals surface area contributed by atoms with E-state index in [1.54, 1.807) is 25.3 Å². The summed E-state index contributed by atoms with van der Waals surface area (Å²) in [7, 11) is 3.44. The molecule has 2 amide bonds. The average molecular weight is 372 g/mol. The molecule has 1 aromatic carbocycles. The van der Waals surface area contributed by atoms with Crippen molar-refractivity contribution in [1.29, 1.82) is 0 Å². The molecule has 1 aromatic heterocycles. The Morgan fingerprint density at radius 3 is 2.89 bits per heavy atom. The number of benzene rings is 1. The molecule has 7 nitrogen and oxygen atoms in total. The summed E-state index contributed by atoms with van der Waals surface area (Å²) in [5.74, 6) is 0.737. The first kappa shape index (κ1) is 19.4. The number of methoxy groups -OCH3 is 1. The van der Waals surface area contributed by atoms with Crippen LogP contribution >= 0.6 is 0 Å². The van der Waals surface area contributed by atoms with Crippen LogP contribution < -0.4 is 10.1 Å². The van der Waals surface area contributed by atoms with Crippen molar-refractivity contribution in [3.8, 4) is 5.75 Å². The Labute approximate surface area is 160 Å². The van der Waals surface area contributed by atoms with Gasteiger partial charge in [0, 0.05) is 50.9 Å². The molecule has 1 atom stereocenters. The van der Waals surface area contributed by atoms with Crippen molar-refractivity contribution < 1.29 is 14.3 Å². The summed E-state index contributed by atoms with van der Waals surface area (Å²) in [6.45, 7) is 6.61. The number of ether oxygens (including phenoxy) is 2. The highest BCUT2D eigenvalue weighted by molar-refractivity contribution is 5.87. The standard InChI is InChI=1S/C20H28N4O3/c1-15(24-9-11-27-12-10-24)13-22-20(25)23(2)14-16-6-7-18(26-3)19-17(16)5-4-8-21-19/h4-8,15H,9-14H2,1-3H3,(H,22,25)/t15-/m1/s1. The molecular formula is C20H28N4O3. The fourth-order valence-corrected chi connectivity index (χ4v) is 3.35. The molecule has 0 bridgehead atoms. The van der Waals surface area contributed by atoms with Crippen LogP contribution in [0.15, 0.2) is 30.5 Å². The maximum atomic E-state index is 12.5. The topological polar surface area (TPSA) is 66.9 Å². The van der Waals surface area contributed by atoms with Crippen molar-refractivity contribution in [3.05, 3.63) is 36.0 Å². The SMILES string of the molecule is COc1ccc(CN(C)C(=O)NC[C@@H](C)N2CCOCC2)c2cccnc12. The maximum absolute atomic E-state index is 12.5. The lowest BCUT2D eigenvalue weighted by atomic mass is 10.1. The number of carbonyl (C=O) groups excluding carboxylic acids is 1. The summed E-state index contributed by atoms with van der Waals surface area (Å²) < 4.78 is 10.8.